The van der Waals surface area contributed by atoms with E-state index >= 15 is 0 Å². The summed E-state index contributed by atoms with van der Waals surface area (Å²) >= 11 is 0. The fourth-order valence-corrected chi connectivity index (χ4v) is 6.34. The van der Waals surface area contributed by atoms with Gasteiger partial charge >= 0.3 is 8.80 Å². The molecule has 5 heteroatoms. The van der Waals surface area contributed by atoms with Gasteiger partial charge in [-0.05, 0) is 12.8 Å². The molecule has 0 aliphatic carbocycles. The Hall–Kier alpha value is 0.0569. The first-order chi connectivity index (χ1) is 15.7. The zero-order valence-electron chi connectivity index (χ0n) is 22.1. The number of hydrogen-bond acceptors (Lipinski definition) is 4. The summed E-state index contributed by atoms with van der Waals surface area (Å²) in [5.41, 5.74) is 0. The highest BCUT2D eigenvalue weighted by Crippen LogP contribution is 2.19. The van der Waals surface area contributed by atoms with E-state index in [0.29, 0.717) is 6.61 Å². The van der Waals surface area contributed by atoms with Crippen molar-refractivity contribution in [2.24, 2.45) is 0 Å². The first-order valence-corrected chi connectivity index (χ1v) is 15.9. The normalized spacial score (nSPS) is 12.0. The van der Waals surface area contributed by atoms with E-state index in [0.717, 1.165) is 18.9 Å². The average Bonchev–Trinajstić information content (AvgIpc) is 2.82. The largest absolute Gasteiger partial charge is 0.500 e. The number of hydrogen-bond donors (Lipinski definition) is 1. The van der Waals surface area contributed by atoms with Gasteiger partial charge in [-0.2, -0.15) is 0 Å². The lowest BCUT2D eigenvalue weighted by Gasteiger charge is -2.24. The van der Waals surface area contributed by atoms with Gasteiger partial charge in [0.25, 0.3) is 0 Å². The van der Waals surface area contributed by atoms with Gasteiger partial charge in [0.15, 0.2) is 0 Å². The van der Waals surface area contributed by atoms with Crippen LogP contribution in [0.3, 0.4) is 0 Å². The highest BCUT2D eigenvalue weighted by atomic mass is 28.4. The van der Waals surface area contributed by atoms with E-state index in [-0.39, 0.29) is 0 Å². The van der Waals surface area contributed by atoms with Crippen molar-refractivity contribution in [3.63, 3.8) is 0 Å². The highest BCUT2D eigenvalue weighted by molar-refractivity contribution is 6.60. The van der Waals surface area contributed by atoms with Crippen LogP contribution in [0.5, 0.6) is 0 Å². The molecule has 0 aliphatic heterocycles. The molecule has 0 saturated carbocycles. The summed E-state index contributed by atoms with van der Waals surface area (Å²) in [6.45, 7) is 0.365. The van der Waals surface area contributed by atoms with E-state index in [9.17, 15) is 0 Å². The highest BCUT2D eigenvalue weighted by Gasteiger charge is 2.36. The van der Waals surface area contributed by atoms with Gasteiger partial charge in [0.1, 0.15) is 0 Å². The van der Waals surface area contributed by atoms with Gasteiger partial charge in [0.2, 0.25) is 0 Å². The fourth-order valence-electron chi connectivity index (χ4n) is 4.55. The van der Waals surface area contributed by atoms with E-state index in [2.05, 4.69) is 0 Å². The molecule has 0 unspecified atom stereocenters. The van der Waals surface area contributed by atoms with E-state index in [1.807, 2.05) is 0 Å². The molecule has 0 aromatic rings. The Morgan fingerprint density at radius 1 is 0.375 bits per heavy atom. The molecule has 4 nitrogen and oxygen atoms in total. The Morgan fingerprint density at radius 3 is 0.812 bits per heavy atom. The molecule has 0 rings (SSSR count). The number of unbranched alkanes of at least 4 members (excludes halogenated alkanes) is 21. The molecule has 0 fully saturated rings. The van der Waals surface area contributed by atoms with Crippen LogP contribution in [-0.2, 0) is 13.3 Å². The topological polar surface area (TPSA) is 47.9 Å². The lowest BCUT2D eigenvalue weighted by molar-refractivity contribution is 0.122. The third-order valence-corrected chi connectivity index (χ3v) is 9.66. The number of aliphatic hydroxyl groups is 1. The van der Waals surface area contributed by atoms with Crippen molar-refractivity contribution in [1.29, 1.82) is 0 Å². The maximum Gasteiger partial charge on any atom is 0.500 e. The Bertz CT molecular complexity index is 342. The molecule has 0 radical (unpaired) electrons. The second-order valence-corrected chi connectivity index (χ2v) is 12.6. The van der Waals surface area contributed by atoms with Gasteiger partial charge in [-0.3, -0.25) is 0 Å². The lowest BCUT2D eigenvalue weighted by atomic mass is 10.0. The van der Waals surface area contributed by atoms with Crippen molar-refractivity contribution in [2.45, 2.75) is 147 Å². The Labute approximate surface area is 202 Å². The Kier molecular flexibility index (Phi) is 25.7. The molecule has 0 aromatic carbocycles. The van der Waals surface area contributed by atoms with Gasteiger partial charge in [0, 0.05) is 34.0 Å². The zero-order chi connectivity index (χ0) is 23.6. The van der Waals surface area contributed by atoms with Crippen molar-refractivity contribution in [3.05, 3.63) is 0 Å². The molecule has 194 valence electrons. The summed E-state index contributed by atoms with van der Waals surface area (Å²) in [5, 5.41) is 8.76. The van der Waals surface area contributed by atoms with Crippen molar-refractivity contribution in [2.75, 3.05) is 27.9 Å². The van der Waals surface area contributed by atoms with E-state index in [1.165, 1.54) is 128 Å². The quantitative estimate of drug-likeness (QED) is 0.0958. The summed E-state index contributed by atoms with van der Waals surface area (Å²) in [5.74, 6) is 0. The molecule has 1 N–H and O–H groups in total. The summed E-state index contributed by atoms with van der Waals surface area (Å²) in [7, 11) is 2.76. The van der Waals surface area contributed by atoms with Crippen LogP contribution in [0.15, 0.2) is 0 Å². The minimum Gasteiger partial charge on any atom is -0.396 e. The van der Waals surface area contributed by atoms with Crippen molar-refractivity contribution in [3.8, 4) is 0 Å². The van der Waals surface area contributed by atoms with Crippen LogP contribution in [-0.4, -0.2) is 41.8 Å². The molecule has 0 bridgehead atoms. The van der Waals surface area contributed by atoms with Crippen LogP contribution >= 0.6 is 0 Å². The zero-order valence-corrected chi connectivity index (χ0v) is 23.1. The minimum atomic E-state index is -2.34. The maximum absolute atomic E-state index is 8.76. The van der Waals surface area contributed by atoms with Crippen molar-refractivity contribution >= 4 is 8.80 Å². The standard InChI is InChI=1S/C27H58O4Si/c1-29-32(30-2,31-3)27-25-23-21-19-17-15-13-11-9-7-5-4-6-8-10-12-14-16-18-20-22-24-26-28/h28H,4-27H2,1-3H3. The van der Waals surface area contributed by atoms with Gasteiger partial charge in [-0.1, -0.05) is 128 Å². The van der Waals surface area contributed by atoms with Crippen LogP contribution in [0, 0.1) is 0 Å². The molecular weight excluding hydrogens is 416 g/mol. The van der Waals surface area contributed by atoms with Crippen LogP contribution in [0.25, 0.3) is 0 Å². The second kappa shape index (κ2) is 25.7. The Balaban J connectivity index is 3.15. The third kappa shape index (κ3) is 20.6. The van der Waals surface area contributed by atoms with E-state index < -0.39 is 8.80 Å². The van der Waals surface area contributed by atoms with Gasteiger partial charge in [0.05, 0.1) is 0 Å². The molecular formula is C27H58O4Si. The summed E-state index contributed by atoms with van der Waals surface area (Å²) in [6, 6.07) is 0.934. The summed E-state index contributed by atoms with van der Waals surface area (Å²) in [4.78, 5) is 0. The van der Waals surface area contributed by atoms with Crippen LogP contribution in [0.1, 0.15) is 141 Å². The summed E-state index contributed by atoms with van der Waals surface area (Å²) < 4.78 is 16.4. The summed E-state index contributed by atoms with van der Waals surface area (Å²) in [6.07, 6.45) is 29.9. The number of rotatable bonds is 27. The number of aliphatic hydroxyl groups excluding tert-OH is 1. The van der Waals surface area contributed by atoms with E-state index in [4.69, 9.17) is 18.4 Å². The second-order valence-electron chi connectivity index (χ2n) is 9.55. The van der Waals surface area contributed by atoms with Gasteiger partial charge in [-0.15, -0.1) is 0 Å². The first kappa shape index (κ1) is 32.1. The molecule has 0 aromatic heterocycles. The van der Waals surface area contributed by atoms with E-state index in [1.54, 1.807) is 21.3 Å². The van der Waals surface area contributed by atoms with Crippen LogP contribution < -0.4 is 0 Å². The van der Waals surface area contributed by atoms with Crippen LogP contribution in [0.4, 0.5) is 0 Å². The van der Waals surface area contributed by atoms with Gasteiger partial charge in [-0.25, -0.2) is 0 Å². The lowest BCUT2D eigenvalue weighted by Crippen LogP contribution is -2.42. The SMILES string of the molecule is CO[Si](CCCCCCCCCCCCCCCCCCCCCCCCO)(OC)OC. The van der Waals surface area contributed by atoms with Crippen LogP contribution in [0.2, 0.25) is 6.04 Å². The molecule has 0 aliphatic rings. The molecule has 0 amide bonds. The molecule has 0 heterocycles. The predicted octanol–water partition coefficient (Wildman–Crippen LogP) is 8.44. The molecule has 0 spiro atoms. The fraction of sp³-hybridized carbons (Fsp3) is 1.00. The monoisotopic (exact) mass is 474 g/mol. The molecule has 0 saturated heterocycles. The first-order valence-electron chi connectivity index (χ1n) is 14.0. The molecule has 0 atom stereocenters. The predicted molar refractivity (Wildman–Crippen MR) is 140 cm³/mol. The van der Waals surface area contributed by atoms with Crippen molar-refractivity contribution in [1.82, 2.24) is 0 Å². The maximum atomic E-state index is 8.76. The smallest absolute Gasteiger partial charge is 0.396 e. The van der Waals surface area contributed by atoms with Gasteiger partial charge < -0.3 is 18.4 Å². The minimum absolute atomic E-state index is 0.365. The third-order valence-electron chi connectivity index (χ3n) is 6.82. The molecule has 32 heavy (non-hydrogen) atoms. The van der Waals surface area contributed by atoms with Crippen molar-refractivity contribution < 1.29 is 18.4 Å². The average molecular weight is 475 g/mol. The Morgan fingerprint density at radius 2 is 0.594 bits per heavy atom.